The summed E-state index contributed by atoms with van der Waals surface area (Å²) >= 11 is 0. The van der Waals surface area contributed by atoms with Crippen LogP contribution in [0.2, 0.25) is 0 Å². The molecule has 0 aliphatic heterocycles. The van der Waals surface area contributed by atoms with Crippen molar-refractivity contribution in [3.05, 3.63) is 23.3 Å². The molecule has 0 amide bonds. The minimum Gasteiger partial charge on any atom is -0.492 e. The molecule has 1 saturated carbocycles. The molecule has 1 aliphatic carbocycles. The van der Waals surface area contributed by atoms with Gasteiger partial charge in [-0.2, -0.15) is 9.38 Å². The van der Waals surface area contributed by atoms with Crippen molar-refractivity contribution in [2.24, 2.45) is 4.99 Å². The second kappa shape index (κ2) is 4.38. The maximum absolute atomic E-state index is 13.5. The highest BCUT2D eigenvalue weighted by Gasteiger charge is 2.48. The first-order valence-corrected chi connectivity index (χ1v) is 5.29. The zero-order valence-corrected chi connectivity index (χ0v) is 9.92. The first-order valence-electron chi connectivity index (χ1n) is 5.29. The normalized spacial score (nSPS) is 15.8. The smallest absolute Gasteiger partial charge is 0.235 e. The molecule has 4 nitrogen and oxygen atoms in total. The number of nitrogens with zero attached hydrogens (tertiary/aromatic N) is 1. The van der Waals surface area contributed by atoms with E-state index in [2.05, 4.69) is 4.99 Å². The summed E-state index contributed by atoms with van der Waals surface area (Å²) in [6.07, 6.45) is 2.58. The lowest BCUT2D eigenvalue weighted by Crippen LogP contribution is -2.09. The highest BCUT2D eigenvalue weighted by molar-refractivity contribution is 5.54. The number of methoxy groups -OCH3 is 2. The monoisotopic (exact) mass is 255 g/mol. The third-order valence-corrected chi connectivity index (χ3v) is 3.02. The molecule has 1 fully saturated rings. The maximum Gasteiger partial charge on any atom is 0.235 e. The van der Waals surface area contributed by atoms with Crippen LogP contribution in [0.25, 0.3) is 0 Å². The Labute approximate surface area is 102 Å². The van der Waals surface area contributed by atoms with Gasteiger partial charge in [-0.15, -0.1) is 0 Å². The number of rotatable bonds is 4. The van der Waals surface area contributed by atoms with E-state index in [0.29, 0.717) is 18.4 Å². The maximum atomic E-state index is 13.5. The van der Waals surface area contributed by atoms with Crippen LogP contribution in [0.15, 0.2) is 11.1 Å². The van der Waals surface area contributed by atoms with E-state index in [1.807, 2.05) is 0 Å². The molecule has 0 N–H and O–H groups in total. The Balaban J connectivity index is 2.68. The van der Waals surface area contributed by atoms with Crippen LogP contribution in [0.4, 0.5) is 8.78 Å². The van der Waals surface area contributed by atoms with E-state index < -0.39 is 17.2 Å². The molecule has 0 unspecified atom stereocenters. The molecule has 1 aromatic carbocycles. The summed E-state index contributed by atoms with van der Waals surface area (Å²) in [5.74, 6) is -2.44. The minimum absolute atomic E-state index is 0.0629. The molecule has 2 rings (SSSR count). The average molecular weight is 255 g/mol. The van der Waals surface area contributed by atoms with Crippen molar-refractivity contribution in [2.45, 2.75) is 18.4 Å². The fourth-order valence-corrected chi connectivity index (χ4v) is 1.96. The zero-order chi connectivity index (χ0) is 13.3. The van der Waals surface area contributed by atoms with Crippen molar-refractivity contribution in [2.75, 3.05) is 14.2 Å². The van der Waals surface area contributed by atoms with E-state index in [4.69, 9.17) is 9.47 Å². The first-order chi connectivity index (χ1) is 8.59. The summed E-state index contributed by atoms with van der Waals surface area (Å²) < 4.78 is 36.9. The highest BCUT2D eigenvalue weighted by Crippen LogP contribution is 2.54. The van der Waals surface area contributed by atoms with Gasteiger partial charge in [-0.05, 0) is 18.9 Å². The number of ether oxygens (including phenoxy) is 2. The van der Waals surface area contributed by atoms with Gasteiger partial charge in [0.05, 0.1) is 14.2 Å². The second-order valence-corrected chi connectivity index (χ2v) is 4.02. The molecular formula is C12H11F2NO3. The first kappa shape index (κ1) is 12.5. The van der Waals surface area contributed by atoms with Crippen molar-refractivity contribution in [1.82, 2.24) is 0 Å². The summed E-state index contributed by atoms with van der Waals surface area (Å²) in [6.45, 7) is 0. The predicted molar refractivity (Wildman–Crippen MR) is 58.5 cm³/mol. The Morgan fingerprint density at radius 3 is 2.33 bits per heavy atom. The Morgan fingerprint density at radius 1 is 1.28 bits per heavy atom. The lowest BCUT2D eigenvalue weighted by atomic mass is 10.0. The van der Waals surface area contributed by atoms with Crippen LogP contribution in [0.5, 0.6) is 11.5 Å². The fraction of sp³-hybridized carbons (Fsp3) is 0.417. The summed E-state index contributed by atoms with van der Waals surface area (Å²) in [6, 6.07) is 0.991. The number of halogens is 2. The summed E-state index contributed by atoms with van der Waals surface area (Å²) in [5, 5.41) is 0. The average Bonchev–Trinajstić information content (AvgIpc) is 3.13. The molecule has 18 heavy (non-hydrogen) atoms. The third kappa shape index (κ3) is 1.75. The van der Waals surface area contributed by atoms with Crippen LogP contribution in [0, 0.1) is 11.6 Å². The Kier molecular flexibility index (Phi) is 3.05. The zero-order valence-electron chi connectivity index (χ0n) is 9.92. The van der Waals surface area contributed by atoms with Crippen molar-refractivity contribution >= 4 is 6.08 Å². The van der Waals surface area contributed by atoms with E-state index in [-0.39, 0.29) is 11.5 Å². The quantitative estimate of drug-likeness (QED) is 0.612. The standard InChI is InChI=1S/C12H11F2NO3/c1-17-10-7(12(3-4-12)15-6-16)5-8(13)9(14)11(10)18-2/h5H,3-4H2,1-2H3. The third-order valence-electron chi connectivity index (χ3n) is 3.02. The van der Waals surface area contributed by atoms with Crippen molar-refractivity contribution < 1.29 is 23.0 Å². The van der Waals surface area contributed by atoms with Gasteiger partial charge >= 0.3 is 0 Å². The van der Waals surface area contributed by atoms with Crippen molar-refractivity contribution in [3.8, 4) is 11.5 Å². The predicted octanol–water partition coefficient (Wildman–Crippen LogP) is 2.31. The molecule has 0 radical (unpaired) electrons. The highest BCUT2D eigenvalue weighted by atomic mass is 19.2. The van der Waals surface area contributed by atoms with Gasteiger partial charge in [0.2, 0.25) is 11.9 Å². The van der Waals surface area contributed by atoms with E-state index in [9.17, 15) is 13.6 Å². The molecule has 0 saturated heterocycles. The Bertz CT molecular complexity index is 535. The van der Waals surface area contributed by atoms with Crippen LogP contribution < -0.4 is 9.47 Å². The number of hydrogen-bond donors (Lipinski definition) is 0. The SMILES string of the molecule is COc1c(C2(N=C=O)CC2)cc(F)c(F)c1OC. The van der Waals surface area contributed by atoms with Crippen molar-refractivity contribution in [3.63, 3.8) is 0 Å². The second-order valence-electron chi connectivity index (χ2n) is 4.02. The number of benzene rings is 1. The Hall–Kier alpha value is -1.94. The van der Waals surface area contributed by atoms with E-state index in [1.54, 1.807) is 0 Å². The van der Waals surface area contributed by atoms with Gasteiger partial charge in [0, 0.05) is 5.56 Å². The summed E-state index contributed by atoms with van der Waals surface area (Å²) in [4.78, 5) is 14.1. The molecule has 0 bridgehead atoms. The van der Waals surface area contributed by atoms with Gasteiger partial charge < -0.3 is 9.47 Å². The van der Waals surface area contributed by atoms with Gasteiger partial charge in [-0.25, -0.2) is 9.18 Å². The van der Waals surface area contributed by atoms with Gasteiger partial charge in [0.15, 0.2) is 17.3 Å². The number of carbonyl (C=O) groups excluding carboxylic acids is 1. The van der Waals surface area contributed by atoms with Gasteiger partial charge in [-0.1, -0.05) is 0 Å². The minimum atomic E-state index is -1.12. The summed E-state index contributed by atoms with van der Waals surface area (Å²) in [7, 11) is 2.53. The van der Waals surface area contributed by atoms with E-state index in [1.165, 1.54) is 20.3 Å². The van der Waals surface area contributed by atoms with Gasteiger partial charge in [0.25, 0.3) is 0 Å². The van der Waals surface area contributed by atoms with Crippen LogP contribution in [0.3, 0.4) is 0 Å². The topological polar surface area (TPSA) is 47.9 Å². The molecule has 6 heteroatoms. The van der Waals surface area contributed by atoms with Gasteiger partial charge in [-0.3, -0.25) is 0 Å². The number of isocyanates is 1. The van der Waals surface area contributed by atoms with Crippen molar-refractivity contribution in [1.29, 1.82) is 0 Å². The van der Waals surface area contributed by atoms with Gasteiger partial charge in [0.1, 0.15) is 5.54 Å². The molecule has 0 atom stereocenters. The largest absolute Gasteiger partial charge is 0.492 e. The van der Waals surface area contributed by atoms with Crippen LogP contribution in [-0.4, -0.2) is 20.3 Å². The molecule has 1 aromatic rings. The van der Waals surface area contributed by atoms with Crippen LogP contribution in [-0.2, 0) is 10.3 Å². The summed E-state index contributed by atoms with van der Waals surface area (Å²) in [5.41, 5.74) is -0.543. The molecular weight excluding hydrogens is 244 g/mol. The molecule has 0 spiro atoms. The van der Waals surface area contributed by atoms with Crippen LogP contribution >= 0.6 is 0 Å². The molecule has 1 aliphatic rings. The van der Waals surface area contributed by atoms with E-state index in [0.717, 1.165) is 6.07 Å². The lowest BCUT2D eigenvalue weighted by Gasteiger charge is -2.17. The lowest BCUT2D eigenvalue weighted by molar-refractivity contribution is 0.323. The number of hydrogen-bond acceptors (Lipinski definition) is 4. The Morgan fingerprint density at radius 2 is 1.89 bits per heavy atom. The fourth-order valence-electron chi connectivity index (χ4n) is 1.96. The van der Waals surface area contributed by atoms with E-state index >= 15 is 0 Å². The number of aliphatic imine (C=N–C) groups is 1. The van der Waals surface area contributed by atoms with Crippen LogP contribution in [0.1, 0.15) is 18.4 Å². The molecule has 0 heterocycles. The molecule has 96 valence electrons. The molecule has 0 aromatic heterocycles.